The van der Waals surface area contributed by atoms with Gasteiger partial charge in [0, 0.05) is 0 Å². The van der Waals surface area contributed by atoms with Gasteiger partial charge in [-0.3, -0.25) is 0 Å². The number of benzene rings is 6. The first-order valence-corrected chi connectivity index (χ1v) is 20.5. The highest BCUT2D eigenvalue weighted by atomic mass is 32.2. The van der Waals surface area contributed by atoms with Gasteiger partial charge >= 0.3 is 0 Å². The third-order valence-corrected chi connectivity index (χ3v) is 9.26. The summed E-state index contributed by atoms with van der Waals surface area (Å²) >= 11 is 0. The molecule has 6 aromatic rings. The van der Waals surface area contributed by atoms with Crippen molar-refractivity contribution in [2.45, 2.75) is 49.3 Å². The molecule has 290 valence electrons. The molecule has 55 heavy (non-hydrogen) atoms. The number of aryl methyl sites for hydroxylation is 5. The maximum Gasteiger partial charge on any atom is 0.124 e. The van der Waals surface area contributed by atoms with Crippen molar-refractivity contribution >= 4 is 30.4 Å². The van der Waals surface area contributed by atoms with E-state index in [2.05, 4.69) is 38.1 Å². The van der Waals surface area contributed by atoms with E-state index in [1.165, 1.54) is 47.5 Å². The van der Waals surface area contributed by atoms with E-state index in [4.69, 9.17) is 5.26 Å². The van der Waals surface area contributed by atoms with Crippen LogP contribution in [-0.4, -0.2) is 38.9 Å². The van der Waals surface area contributed by atoms with Crippen LogP contribution < -0.4 is 0 Å². The Morgan fingerprint density at radius 3 is 0.691 bits per heavy atom. The van der Waals surface area contributed by atoms with E-state index in [-0.39, 0.29) is 14.7 Å². The van der Waals surface area contributed by atoms with E-state index in [0.29, 0.717) is 5.56 Å². The molecule has 0 unspecified atom stereocenters. The topological polar surface area (TPSA) is 195 Å². The number of hydrogen-bond donors (Lipinski definition) is 0. The third-order valence-electron chi connectivity index (χ3n) is 6.71. The molecule has 0 amide bonds. The van der Waals surface area contributed by atoms with Crippen LogP contribution in [0, 0.1) is 45.9 Å². The second-order valence-corrected chi connectivity index (χ2v) is 15.7. The van der Waals surface area contributed by atoms with Gasteiger partial charge in [0.05, 0.1) is 26.3 Å². The minimum absolute atomic E-state index is 0.178. The molecular weight excluding hydrogens is 759 g/mol. The molecule has 0 aliphatic carbocycles. The van der Waals surface area contributed by atoms with Crippen LogP contribution in [0.2, 0.25) is 0 Å². The Bertz CT molecular complexity index is 2140. The molecule has 6 rings (SSSR count). The van der Waals surface area contributed by atoms with Crippen LogP contribution in [0.5, 0.6) is 0 Å². The lowest BCUT2D eigenvalue weighted by Gasteiger charge is -2.05. The summed E-state index contributed by atoms with van der Waals surface area (Å²) in [7, 11) is -12.8. The molecule has 13 heteroatoms. The van der Waals surface area contributed by atoms with Crippen LogP contribution in [0.15, 0.2) is 178 Å². The summed E-state index contributed by atoms with van der Waals surface area (Å²) in [4.78, 5) is -0.533. The van der Waals surface area contributed by atoms with Crippen molar-refractivity contribution in [1.82, 2.24) is 0 Å². The molecule has 0 radical (unpaired) electrons. The lowest BCUT2D eigenvalue weighted by atomic mass is 10.2. The van der Waals surface area contributed by atoms with Gasteiger partial charge in [-0.25, -0.2) is 25.3 Å². The number of nitriles is 1. The van der Waals surface area contributed by atoms with Crippen molar-refractivity contribution in [3.63, 3.8) is 0 Å². The Hall–Kier alpha value is -5.46. The maximum atomic E-state index is 10.4. The highest BCUT2D eigenvalue weighted by Gasteiger charge is 1.99. The molecule has 0 atom stereocenters. The SMILES string of the molecule is Cc1ccc(S(=O)(=O)[O-])cc1.Cc1ccc(S(=O)(=O)[O-])cc1.Cc1ccc(S(=O)(=O)[O-])cc1.Cc1ccccc1.Cc1ccccc1.N#Cc1ccccc1. The molecular formula is C42H42NO9S3-3. The maximum absolute atomic E-state index is 10.4. The third kappa shape index (κ3) is 22.4. The largest absolute Gasteiger partial charge is 0.744 e. The monoisotopic (exact) mass is 800 g/mol. The van der Waals surface area contributed by atoms with Crippen LogP contribution in [0.4, 0.5) is 0 Å². The Morgan fingerprint density at radius 2 is 0.545 bits per heavy atom. The average Bonchev–Trinajstić information content (AvgIpc) is 3.13. The minimum atomic E-state index is -4.27. The summed E-state index contributed by atoms with van der Waals surface area (Å²) in [5.41, 5.74) is 6.14. The van der Waals surface area contributed by atoms with Gasteiger partial charge in [0.2, 0.25) is 0 Å². The molecule has 0 aliphatic heterocycles. The first-order valence-electron chi connectivity index (χ1n) is 16.3. The first kappa shape index (κ1) is 47.6. The molecule has 6 aromatic carbocycles. The predicted molar refractivity (Wildman–Crippen MR) is 211 cm³/mol. The van der Waals surface area contributed by atoms with E-state index in [0.717, 1.165) is 16.7 Å². The predicted octanol–water partition coefficient (Wildman–Crippen LogP) is 8.25. The van der Waals surface area contributed by atoms with Crippen molar-refractivity contribution in [3.05, 3.63) is 197 Å². The minimum Gasteiger partial charge on any atom is -0.744 e. The summed E-state index contributed by atoms with van der Waals surface area (Å²) in [6, 6.07) is 49.0. The van der Waals surface area contributed by atoms with Crippen LogP contribution in [0.25, 0.3) is 0 Å². The van der Waals surface area contributed by atoms with E-state index in [1.807, 2.05) is 81.4 Å². The summed E-state index contributed by atoms with van der Waals surface area (Å²) < 4.78 is 93.5. The standard InChI is InChI=1S/C7H5N.3C7H8O3S.2C7H8/c8-6-7-4-2-1-3-5-7;3*1-6-2-4-7(5-3-6)11(8,9)10;2*1-7-5-3-2-4-6-7/h1-5H;3*2-5H,1H3,(H,8,9,10);2*2-6H,1H3/p-3. The molecule has 0 bridgehead atoms. The van der Waals surface area contributed by atoms with Gasteiger partial charge in [-0.1, -0.05) is 143 Å². The normalized spacial score (nSPS) is 10.2. The first-order chi connectivity index (χ1) is 25.7. The van der Waals surface area contributed by atoms with Gasteiger partial charge in [-0.2, -0.15) is 5.26 Å². The van der Waals surface area contributed by atoms with Crippen molar-refractivity contribution in [2.75, 3.05) is 0 Å². The van der Waals surface area contributed by atoms with Crippen molar-refractivity contribution in [1.29, 1.82) is 5.26 Å². The van der Waals surface area contributed by atoms with Crippen LogP contribution >= 0.6 is 0 Å². The van der Waals surface area contributed by atoms with Crippen LogP contribution in [0.3, 0.4) is 0 Å². The van der Waals surface area contributed by atoms with Gasteiger partial charge in [0.1, 0.15) is 30.4 Å². The highest BCUT2D eigenvalue weighted by Crippen LogP contribution is 2.10. The molecule has 0 saturated heterocycles. The van der Waals surface area contributed by atoms with Crippen molar-refractivity contribution in [3.8, 4) is 6.07 Å². The Morgan fingerprint density at radius 1 is 0.345 bits per heavy atom. The number of rotatable bonds is 3. The van der Waals surface area contributed by atoms with Gasteiger partial charge in [0.15, 0.2) is 0 Å². The van der Waals surface area contributed by atoms with Gasteiger partial charge in [0.25, 0.3) is 0 Å². The second-order valence-electron chi connectivity index (χ2n) is 11.6. The molecule has 0 spiro atoms. The molecule has 0 saturated carbocycles. The molecule has 10 nitrogen and oxygen atoms in total. The van der Waals surface area contributed by atoms with E-state index >= 15 is 0 Å². The van der Waals surface area contributed by atoms with E-state index in [9.17, 15) is 38.9 Å². The second kappa shape index (κ2) is 24.0. The Labute approximate surface area is 325 Å². The fraction of sp³-hybridized carbons (Fsp3) is 0.119. The lowest BCUT2D eigenvalue weighted by Crippen LogP contribution is -1.97. The molecule has 0 heterocycles. The molecule has 0 N–H and O–H groups in total. The van der Waals surface area contributed by atoms with E-state index < -0.39 is 30.4 Å². The van der Waals surface area contributed by atoms with Crippen LogP contribution in [-0.2, 0) is 30.4 Å². The quantitative estimate of drug-likeness (QED) is 0.157. The van der Waals surface area contributed by atoms with E-state index in [1.54, 1.807) is 48.5 Å². The Balaban J connectivity index is 0.000000333. The van der Waals surface area contributed by atoms with Gasteiger partial charge in [-0.15, -0.1) is 0 Å². The zero-order chi connectivity index (χ0) is 41.5. The summed E-state index contributed by atoms with van der Waals surface area (Å²) in [5, 5.41) is 8.29. The fourth-order valence-corrected chi connectivity index (χ4v) is 5.10. The Kier molecular flexibility index (Phi) is 20.8. The summed E-state index contributed by atoms with van der Waals surface area (Å²) in [6.07, 6.45) is 0. The summed E-state index contributed by atoms with van der Waals surface area (Å²) in [5.74, 6) is 0. The van der Waals surface area contributed by atoms with Crippen molar-refractivity contribution < 1.29 is 38.9 Å². The average molecular weight is 801 g/mol. The molecule has 0 aromatic heterocycles. The fourth-order valence-electron chi connectivity index (χ4n) is 3.70. The molecule has 0 aliphatic rings. The summed E-state index contributed by atoms with van der Waals surface area (Å²) in [6.45, 7) is 9.63. The smallest absolute Gasteiger partial charge is 0.124 e. The van der Waals surface area contributed by atoms with Crippen molar-refractivity contribution in [2.24, 2.45) is 0 Å². The number of nitrogens with zero attached hydrogens (tertiary/aromatic N) is 1. The molecule has 0 fully saturated rings. The van der Waals surface area contributed by atoms with Crippen LogP contribution in [0.1, 0.15) is 33.4 Å². The lowest BCUT2D eigenvalue weighted by molar-refractivity contribution is 0.461. The zero-order valence-electron chi connectivity index (χ0n) is 30.9. The zero-order valence-corrected chi connectivity index (χ0v) is 33.4. The number of hydrogen-bond acceptors (Lipinski definition) is 10. The van der Waals surface area contributed by atoms with Gasteiger partial charge in [-0.05, 0) is 83.1 Å². The highest BCUT2D eigenvalue weighted by molar-refractivity contribution is 7.86. The van der Waals surface area contributed by atoms with Gasteiger partial charge < -0.3 is 13.7 Å².